The summed E-state index contributed by atoms with van der Waals surface area (Å²) in [6, 6.07) is 13.5. The molecule has 0 amide bonds. The average Bonchev–Trinajstić information content (AvgIpc) is 2.61. The molecule has 2 nitrogen and oxygen atoms in total. The van der Waals surface area contributed by atoms with E-state index in [2.05, 4.69) is 13.8 Å². The Balaban J connectivity index is 1.73. The first-order valence-corrected chi connectivity index (χ1v) is 8.00. The fourth-order valence-electron chi connectivity index (χ4n) is 2.64. The molecule has 6 heteroatoms. The summed E-state index contributed by atoms with van der Waals surface area (Å²) in [5, 5.41) is 0. The average molecular weight is 346 g/mol. The number of benzene rings is 2. The summed E-state index contributed by atoms with van der Waals surface area (Å²) in [6.45, 7) is 5.43. The highest BCUT2D eigenvalue weighted by Crippen LogP contribution is 2.26. The van der Waals surface area contributed by atoms with Crippen molar-refractivity contribution in [2.75, 3.05) is 13.2 Å². The van der Waals surface area contributed by atoms with Crippen molar-refractivity contribution >= 4 is 18.4 Å². The van der Waals surface area contributed by atoms with E-state index in [-0.39, 0.29) is 18.1 Å². The van der Waals surface area contributed by atoms with Gasteiger partial charge in [0.05, 0.1) is 0 Å². The predicted octanol–water partition coefficient (Wildman–Crippen LogP) is 4.66. The van der Waals surface area contributed by atoms with Crippen LogP contribution < -0.4 is 5.46 Å². The van der Waals surface area contributed by atoms with Gasteiger partial charge in [-0.1, -0.05) is 62.4 Å². The molecule has 1 aliphatic rings. The zero-order valence-electron chi connectivity index (χ0n) is 14.1. The summed E-state index contributed by atoms with van der Waals surface area (Å²) in [6.07, 6.45) is -2.31. The van der Waals surface area contributed by atoms with E-state index in [9.17, 15) is 13.2 Å². The Morgan fingerprint density at radius 2 is 1.32 bits per heavy atom. The van der Waals surface area contributed by atoms with Gasteiger partial charge in [0.2, 0.25) is 0 Å². The molecule has 1 heterocycles. The van der Waals surface area contributed by atoms with E-state index in [1.807, 2.05) is 24.3 Å². The largest absolute Gasteiger partial charge is 0.493 e. The van der Waals surface area contributed by atoms with Crippen LogP contribution in [0.5, 0.6) is 0 Å². The number of halogens is 3. The first-order valence-electron chi connectivity index (χ1n) is 8.00. The van der Waals surface area contributed by atoms with E-state index in [0.717, 1.165) is 16.6 Å². The molecule has 0 aromatic heterocycles. The van der Waals surface area contributed by atoms with Crippen molar-refractivity contribution in [3.05, 3.63) is 60.2 Å². The molecular weight excluding hydrogens is 328 g/mol. The lowest BCUT2D eigenvalue weighted by Crippen LogP contribution is -2.47. The van der Waals surface area contributed by atoms with Crippen LogP contribution in [0.4, 0.5) is 13.2 Å². The lowest BCUT2D eigenvalue weighted by molar-refractivity contribution is 0.0343. The molecule has 2 aromatic carbocycles. The molecule has 130 valence electrons. The van der Waals surface area contributed by atoms with Crippen LogP contribution in [0.1, 0.15) is 19.4 Å². The van der Waals surface area contributed by atoms with Gasteiger partial charge in [-0.3, -0.25) is 0 Å². The highest BCUT2D eigenvalue weighted by molar-refractivity contribution is 6.61. The second-order valence-corrected chi connectivity index (χ2v) is 6.89. The summed E-state index contributed by atoms with van der Waals surface area (Å²) >= 11 is 0. The minimum atomic E-state index is -2.31. The second kappa shape index (κ2) is 7.06. The van der Waals surface area contributed by atoms with Crippen LogP contribution in [0.25, 0.3) is 17.0 Å². The molecule has 0 unspecified atom stereocenters. The van der Waals surface area contributed by atoms with Gasteiger partial charge in [-0.15, -0.1) is 0 Å². The van der Waals surface area contributed by atoms with Crippen molar-refractivity contribution in [3.8, 4) is 11.1 Å². The maximum atomic E-state index is 13.2. The molecule has 0 bridgehead atoms. The molecule has 0 N–H and O–H groups in total. The fourth-order valence-corrected chi connectivity index (χ4v) is 2.64. The van der Waals surface area contributed by atoms with Gasteiger partial charge in [0.25, 0.3) is 0 Å². The minimum absolute atomic E-state index is 0.0149. The summed E-state index contributed by atoms with van der Waals surface area (Å²) in [4.78, 5) is 0. The molecule has 0 atom stereocenters. The van der Waals surface area contributed by atoms with E-state index in [1.165, 1.54) is 12.1 Å². The molecule has 1 saturated heterocycles. The van der Waals surface area contributed by atoms with Crippen LogP contribution in [0.15, 0.2) is 54.6 Å². The molecule has 1 fully saturated rings. The molecule has 0 aliphatic carbocycles. The van der Waals surface area contributed by atoms with E-state index in [4.69, 9.17) is 9.31 Å². The monoisotopic (exact) mass is 346 g/mol. The quantitative estimate of drug-likeness (QED) is 0.753. The number of rotatable bonds is 3. The molecule has 0 radical (unpaired) electrons. The summed E-state index contributed by atoms with van der Waals surface area (Å²) in [5.74, 6) is -1.49. The van der Waals surface area contributed by atoms with Crippen molar-refractivity contribution in [1.29, 1.82) is 0 Å². The van der Waals surface area contributed by atoms with Gasteiger partial charge in [0.1, 0.15) is 0 Å². The van der Waals surface area contributed by atoms with E-state index in [0.29, 0.717) is 13.2 Å². The van der Waals surface area contributed by atoms with Crippen molar-refractivity contribution < 1.29 is 22.5 Å². The SMILES string of the molecule is CC1(C)COB(c2ccc(-c3ccc(C(F)=C(F)F)cc3)cc2)OC1. The van der Waals surface area contributed by atoms with Crippen LogP contribution in [-0.2, 0) is 9.31 Å². The zero-order chi connectivity index (χ0) is 18.0. The lowest BCUT2D eigenvalue weighted by atomic mass is 9.75. The van der Waals surface area contributed by atoms with Gasteiger partial charge >= 0.3 is 13.2 Å². The second-order valence-electron chi connectivity index (χ2n) is 6.89. The fraction of sp³-hybridized carbons (Fsp3) is 0.263. The molecule has 1 aliphatic heterocycles. The third-order valence-corrected chi connectivity index (χ3v) is 4.07. The Labute approximate surface area is 145 Å². The highest BCUT2D eigenvalue weighted by Gasteiger charge is 2.33. The van der Waals surface area contributed by atoms with Crippen LogP contribution in [0.3, 0.4) is 0 Å². The smallest absolute Gasteiger partial charge is 0.407 e. The van der Waals surface area contributed by atoms with E-state index in [1.54, 1.807) is 12.1 Å². The van der Waals surface area contributed by atoms with Crippen LogP contribution >= 0.6 is 0 Å². The van der Waals surface area contributed by atoms with Crippen LogP contribution in [0, 0.1) is 5.41 Å². The third kappa shape index (κ3) is 4.14. The van der Waals surface area contributed by atoms with Gasteiger partial charge in [-0.25, -0.2) is 4.39 Å². The highest BCUT2D eigenvalue weighted by atomic mass is 19.3. The predicted molar refractivity (Wildman–Crippen MR) is 93.2 cm³/mol. The first-order chi connectivity index (χ1) is 11.9. The molecular formula is C19H18BF3O2. The minimum Gasteiger partial charge on any atom is -0.407 e. The molecule has 0 saturated carbocycles. The summed E-state index contributed by atoms with van der Waals surface area (Å²) in [5.41, 5.74) is 2.52. The van der Waals surface area contributed by atoms with Crippen molar-refractivity contribution in [3.63, 3.8) is 0 Å². The molecule has 2 aromatic rings. The standard InChI is InChI=1S/C19H18BF3O2/c1-19(2)11-24-20(25-12-19)16-9-7-14(8-10-16)13-3-5-15(6-4-13)17(21)18(22)23/h3-10H,11-12H2,1-2H3. The first kappa shape index (κ1) is 17.8. The maximum Gasteiger partial charge on any atom is 0.493 e. The summed E-state index contributed by atoms with van der Waals surface area (Å²) < 4.78 is 49.3. The van der Waals surface area contributed by atoms with Gasteiger partial charge in [0.15, 0.2) is 5.83 Å². The Morgan fingerprint density at radius 3 is 1.80 bits per heavy atom. The Hall–Kier alpha value is -2.05. The summed E-state index contributed by atoms with van der Waals surface area (Å²) in [7, 11) is -0.379. The topological polar surface area (TPSA) is 18.5 Å². The molecule has 0 spiro atoms. The number of hydrogen-bond acceptors (Lipinski definition) is 2. The maximum absolute atomic E-state index is 13.2. The van der Waals surface area contributed by atoms with Gasteiger partial charge in [-0.2, -0.15) is 8.78 Å². The normalized spacial score (nSPS) is 16.6. The Morgan fingerprint density at radius 1 is 0.840 bits per heavy atom. The van der Waals surface area contributed by atoms with Crippen LogP contribution in [-0.4, -0.2) is 20.3 Å². The van der Waals surface area contributed by atoms with E-state index < -0.39 is 11.9 Å². The molecule has 25 heavy (non-hydrogen) atoms. The van der Waals surface area contributed by atoms with Crippen LogP contribution in [0.2, 0.25) is 0 Å². The van der Waals surface area contributed by atoms with Crippen molar-refractivity contribution in [2.45, 2.75) is 13.8 Å². The Kier molecular flexibility index (Phi) is 5.02. The van der Waals surface area contributed by atoms with Gasteiger partial charge in [0, 0.05) is 24.2 Å². The molecule has 3 rings (SSSR count). The van der Waals surface area contributed by atoms with Gasteiger partial charge in [-0.05, 0) is 16.6 Å². The zero-order valence-corrected chi connectivity index (χ0v) is 14.1. The Bertz CT molecular complexity index is 756. The van der Waals surface area contributed by atoms with Crippen molar-refractivity contribution in [2.24, 2.45) is 5.41 Å². The number of hydrogen-bond donors (Lipinski definition) is 0. The van der Waals surface area contributed by atoms with Crippen molar-refractivity contribution in [1.82, 2.24) is 0 Å². The van der Waals surface area contributed by atoms with E-state index >= 15 is 0 Å². The third-order valence-electron chi connectivity index (χ3n) is 4.07. The van der Waals surface area contributed by atoms with Gasteiger partial charge < -0.3 is 9.31 Å². The lowest BCUT2D eigenvalue weighted by Gasteiger charge is -2.33.